The zero-order chi connectivity index (χ0) is 14.0. The minimum Gasteiger partial charge on any atom is -0.491 e. The lowest BCUT2D eigenvalue weighted by Crippen LogP contribution is -2.19. The molecule has 5 nitrogen and oxygen atoms in total. The first-order valence-corrected chi connectivity index (χ1v) is 6.03. The molecule has 1 heterocycles. The van der Waals surface area contributed by atoms with E-state index in [1.54, 1.807) is 19.1 Å². The molecular formula is C14H17NO4. The molecule has 0 aliphatic rings. The highest BCUT2D eigenvalue weighted by molar-refractivity contribution is 5.97. The smallest absolute Gasteiger partial charge is 0.372 e. The number of rotatable bonds is 5. The van der Waals surface area contributed by atoms with Crippen molar-refractivity contribution in [1.82, 2.24) is 4.90 Å². The number of ether oxygens (including phenoxy) is 1. The molecule has 1 aromatic carbocycles. The molecule has 2 rings (SSSR count). The predicted molar refractivity (Wildman–Crippen MR) is 72.0 cm³/mol. The molecule has 5 heteroatoms. The van der Waals surface area contributed by atoms with Gasteiger partial charge in [-0.2, -0.15) is 0 Å². The summed E-state index contributed by atoms with van der Waals surface area (Å²) in [6.07, 6.45) is 0. The van der Waals surface area contributed by atoms with Crippen molar-refractivity contribution in [3.05, 3.63) is 29.5 Å². The summed E-state index contributed by atoms with van der Waals surface area (Å²) < 4.78 is 11.0. The maximum atomic E-state index is 11.1. The highest BCUT2D eigenvalue weighted by Gasteiger charge is 2.19. The second kappa shape index (κ2) is 5.32. The molecule has 1 aromatic heterocycles. The first kappa shape index (κ1) is 13.4. The molecule has 0 saturated heterocycles. The van der Waals surface area contributed by atoms with Crippen molar-refractivity contribution in [3.63, 3.8) is 0 Å². The summed E-state index contributed by atoms with van der Waals surface area (Å²) in [5.41, 5.74) is 1.14. The molecule has 0 atom stereocenters. The summed E-state index contributed by atoms with van der Waals surface area (Å²) in [5.74, 6) is -0.431. The zero-order valence-corrected chi connectivity index (χ0v) is 11.3. The highest BCUT2D eigenvalue weighted by atomic mass is 16.5. The Balaban J connectivity index is 2.36. The number of likely N-dealkylation sites (N-methyl/N-ethyl adjacent to an activating group) is 1. The predicted octanol–water partition coefficient (Wildman–Crippen LogP) is 2.38. The van der Waals surface area contributed by atoms with E-state index in [-0.39, 0.29) is 5.76 Å². The van der Waals surface area contributed by atoms with E-state index in [9.17, 15) is 4.79 Å². The molecule has 0 bridgehead atoms. The average molecular weight is 263 g/mol. The number of aryl methyl sites for hydroxylation is 1. The van der Waals surface area contributed by atoms with Crippen LogP contribution in [0.2, 0.25) is 0 Å². The number of hydrogen-bond donors (Lipinski definition) is 1. The lowest BCUT2D eigenvalue weighted by molar-refractivity contribution is 0.0664. The molecule has 0 unspecified atom stereocenters. The number of carbonyl (C=O) groups is 1. The van der Waals surface area contributed by atoms with Gasteiger partial charge in [-0.25, -0.2) is 4.79 Å². The maximum Gasteiger partial charge on any atom is 0.372 e. The molecule has 0 aliphatic heterocycles. The van der Waals surface area contributed by atoms with Crippen LogP contribution in [0.5, 0.6) is 5.75 Å². The molecule has 102 valence electrons. The van der Waals surface area contributed by atoms with Crippen LogP contribution in [0.15, 0.2) is 22.6 Å². The van der Waals surface area contributed by atoms with Gasteiger partial charge in [0.1, 0.15) is 17.9 Å². The monoisotopic (exact) mass is 263 g/mol. The topological polar surface area (TPSA) is 62.9 Å². The first-order valence-electron chi connectivity index (χ1n) is 6.03. The summed E-state index contributed by atoms with van der Waals surface area (Å²) >= 11 is 0. The third-order valence-corrected chi connectivity index (χ3v) is 2.91. The second-order valence-corrected chi connectivity index (χ2v) is 4.64. The fraction of sp³-hybridized carbons (Fsp3) is 0.357. The van der Waals surface area contributed by atoms with Crippen LogP contribution in [-0.4, -0.2) is 43.2 Å². The van der Waals surface area contributed by atoms with Crippen molar-refractivity contribution in [2.45, 2.75) is 6.92 Å². The summed E-state index contributed by atoms with van der Waals surface area (Å²) in [6.45, 7) is 3.06. The Kier molecular flexibility index (Phi) is 3.76. The van der Waals surface area contributed by atoms with Gasteiger partial charge >= 0.3 is 5.97 Å². The Hall–Kier alpha value is -2.01. The Morgan fingerprint density at radius 3 is 2.79 bits per heavy atom. The molecule has 0 amide bonds. The van der Waals surface area contributed by atoms with Crippen LogP contribution in [0.25, 0.3) is 11.0 Å². The summed E-state index contributed by atoms with van der Waals surface area (Å²) in [5, 5.41) is 9.80. The van der Waals surface area contributed by atoms with Crippen molar-refractivity contribution in [3.8, 4) is 5.75 Å². The number of nitrogens with zero attached hydrogens (tertiary/aromatic N) is 1. The Bertz CT molecular complexity index is 601. The Labute approximate surface area is 111 Å². The normalized spacial score (nSPS) is 11.2. The van der Waals surface area contributed by atoms with Crippen LogP contribution in [-0.2, 0) is 0 Å². The zero-order valence-electron chi connectivity index (χ0n) is 11.3. The van der Waals surface area contributed by atoms with Gasteiger partial charge in [0.15, 0.2) is 0 Å². The van der Waals surface area contributed by atoms with Gasteiger partial charge < -0.3 is 19.2 Å². The summed E-state index contributed by atoms with van der Waals surface area (Å²) in [6, 6.07) is 5.36. The molecule has 0 aliphatic carbocycles. The number of carboxylic acid groups (broad SMARTS) is 1. The van der Waals surface area contributed by atoms with Gasteiger partial charge in [-0.15, -0.1) is 0 Å². The Morgan fingerprint density at radius 2 is 2.16 bits per heavy atom. The third kappa shape index (κ3) is 2.71. The number of aromatic carboxylic acids is 1. The van der Waals surface area contributed by atoms with Gasteiger partial charge in [0.2, 0.25) is 5.76 Å². The van der Waals surface area contributed by atoms with E-state index >= 15 is 0 Å². The van der Waals surface area contributed by atoms with E-state index in [0.717, 1.165) is 11.9 Å². The van der Waals surface area contributed by atoms with Crippen LogP contribution in [0.3, 0.4) is 0 Å². The largest absolute Gasteiger partial charge is 0.491 e. The standard InChI is InChI=1S/C14H17NO4/c1-9-12-10(18-8-7-15(2)3)5-4-6-11(12)19-13(9)14(16)17/h4-6H,7-8H2,1-3H3,(H,16,17). The van der Waals surface area contributed by atoms with Crippen LogP contribution >= 0.6 is 0 Å². The molecule has 2 aromatic rings. The highest BCUT2D eigenvalue weighted by Crippen LogP contribution is 2.33. The lowest BCUT2D eigenvalue weighted by Gasteiger charge is -2.11. The van der Waals surface area contributed by atoms with Crippen molar-refractivity contribution in [2.24, 2.45) is 0 Å². The van der Waals surface area contributed by atoms with Gasteiger partial charge in [-0.05, 0) is 33.2 Å². The molecule has 1 N–H and O–H groups in total. The fourth-order valence-corrected chi connectivity index (χ4v) is 1.93. The fourth-order valence-electron chi connectivity index (χ4n) is 1.93. The number of fused-ring (bicyclic) bond motifs is 1. The third-order valence-electron chi connectivity index (χ3n) is 2.91. The molecule has 0 spiro atoms. The molecule has 0 saturated carbocycles. The van der Waals surface area contributed by atoms with Gasteiger partial charge in [0, 0.05) is 12.1 Å². The minimum atomic E-state index is -1.06. The number of benzene rings is 1. The van der Waals surface area contributed by atoms with Gasteiger partial charge in [0.05, 0.1) is 5.39 Å². The van der Waals surface area contributed by atoms with Crippen molar-refractivity contribution in [2.75, 3.05) is 27.2 Å². The number of furan rings is 1. The van der Waals surface area contributed by atoms with Crippen LogP contribution in [0.4, 0.5) is 0 Å². The summed E-state index contributed by atoms with van der Waals surface area (Å²) in [4.78, 5) is 13.1. The van der Waals surface area contributed by atoms with Gasteiger partial charge in [-0.3, -0.25) is 0 Å². The van der Waals surface area contributed by atoms with E-state index in [4.69, 9.17) is 14.3 Å². The SMILES string of the molecule is Cc1c(C(=O)O)oc2cccc(OCCN(C)C)c12. The van der Waals surface area contributed by atoms with E-state index in [1.165, 1.54) is 0 Å². The summed E-state index contributed by atoms with van der Waals surface area (Å²) in [7, 11) is 3.94. The lowest BCUT2D eigenvalue weighted by atomic mass is 10.1. The van der Waals surface area contributed by atoms with Gasteiger partial charge in [-0.1, -0.05) is 6.07 Å². The minimum absolute atomic E-state index is 0.0290. The number of carboxylic acids is 1. The average Bonchev–Trinajstić information content (AvgIpc) is 2.67. The van der Waals surface area contributed by atoms with Crippen LogP contribution < -0.4 is 4.74 Å². The molecule has 0 fully saturated rings. The van der Waals surface area contributed by atoms with Gasteiger partial charge in [0.25, 0.3) is 0 Å². The van der Waals surface area contributed by atoms with Crippen molar-refractivity contribution in [1.29, 1.82) is 0 Å². The molecule has 0 radical (unpaired) electrons. The van der Waals surface area contributed by atoms with Crippen molar-refractivity contribution < 1.29 is 19.1 Å². The molecular weight excluding hydrogens is 246 g/mol. The molecule has 19 heavy (non-hydrogen) atoms. The van der Waals surface area contributed by atoms with E-state index in [1.807, 2.05) is 25.1 Å². The Morgan fingerprint density at radius 1 is 1.42 bits per heavy atom. The van der Waals surface area contributed by atoms with E-state index < -0.39 is 5.97 Å². The van der Waals surface area contributed by atoms with Crippen LogP contribution in [0, 0.1) is 6.92 Å². The van der Waals surface area contributed by atoms with Crippen LogP contribution in [0.1, 0.15) is 16.1 Å². The maximum absolute atomic E-state index is 11.1. The van der Waals surface area contributed by atoms with E-state index in [2.05, 4.69) is 0 Å². The van der Waals surface area contributed by atoms with E-state index in [0.29, 0.717) is 23.5 Å². The second-order valence-electron chi connectivity index (χ2n) is 4.64. The number of hydrogen-bond acceptors (Lipinski definition) is 4. The quantitative estimate of drug-likeness (QED) is 0.897. The van der Waals surface area contributed by atoms with Crippen molar-refractivity contribution >= 4 is 16.9 Å². The first-order chi connectivity index (χ1) is 9.00.